The van der Waals surface area contributed by atoms with Gasteiger partial charge in [0.2, 0.25) is 27.7 Å². The summed E-state index contributed by atoms with van der Waals surface area (Å²) in [5.41, 5.74) is 0.258. The van der Waals surface area contributed by atoms with Gasteiger partial charge < -0.3 is 18.9 Å². The Morgan fingerprint density at radius 2 is 1.68 bits per heavy atom. The van der Waals surface area contributed by atoms with E-state index in [2.05, 4.69) is 34.9 Å². The van der Waals surface area contributed by atoms with E-state index in [1.807, 2.05) is 0 Å². The maximum absolute atomic E-state index is 13.6. The van der Waals surface area contributed by atoms with E-state index in [1.54, 1.807) is 0 Å². The summed E-state index contributed by atoms with van der Waals surface area (Å²) >= 11 is 5.87. The molecule has 14 nitrogen and oxygen atoms in total. The van der Waals surface area contributed by atoms with Crippen molar-refractivity contribution >= 4 is 27.6 Å². The van der Waals surface area contributed by atoms with Crippen LogP contribution in [-0.4, -0.2) is 82.9 Å². The molecule has 4 heterocycles. The van der Waals surface area contributed by atoms with Gasteiger partial charge in [0.05, 0.1) is 19.2 Å². The first kappa shape index (κ1) is 26.9. The quantitative estimate of drug-likeness (QED) is 0.387. The number of rotatable bonds is 10. The van der Waals surface area contributed by atoms with E-state index in [0.717, 1.165) is 0 Å². The molecule has 0 aromatic carbocycles. The van der Waals surface area contributed by atoms with Crippen LogP contribution in [-0.2, 0) is 19.5 Å². The van der Waals surface area contributed by atoms with Crippen molar-refractivity contribution in [2.75, 3.05) is 39.3 Å². The molecular weight excluding hydrogens is 528 g/mol. The molecule has 0 unspecified atom stereocenters. The molecule has 1 fully saturated rings. The molecule has 0 bridgehead atoms. The summed E-state index contributed by atoms with van der Waals surface area (Å²) in [5, 5.41) is 7.70. The highest BCUT2D eigenvalue weighted by Crippen LogP contribution is 2.37. The van der Waals surface area contributed by atoms with Gasteiger partial charge in [0, 0.05) is 38.6 Å². The zero-order chi connectivity index (χ0) is 26.6. The Labute approximate surface area is 218 Å². The Morgan fingerprint density at radius 3 is 2.24 bits per heavy atom. The highest BCUT2D eigenvalue weighted by molar-refractivity contribution is 7.93. The minimum atomic E-state index is -4.13. The lowest BCUT2D eigenvalue weighted by atomic mass is 9.99. The lowest BCUT2D eigenvalue weighted by molar-refractivity contribution is 0.0832. The Bertz CT molecular complexity index is 1290. The highest BCUT2D eigenvalue weighted by Gasteiger charge is 2.36. The summed E-state index contributed by atoms with van der Waals surface area (Å²) < 4.78 is 53.0. The molecule has 200 valence electrons. The maximum Gasteiger partial charge on any atom is 0.245 e. The molecule has 1 aliphatic heterocycles. The number of aromatic nitrogens is 7. The van der Waals surface area contributed by atoms with Gasteiger partial charge in [0.15, 0.2) is 11.5 Å². The molecule has 1 saturated heterocycles. The standard InChI is InChI=1S/C21H27ClN8O6S/c1-12(16(33-2)17-23-9-14(22)10-24-17)37(31,32)29-21-28-27-18(13-5-7-36-8-6-13)30(21)15-19(34-3)25-11-26-20(15)35-4/h9-13,16H,5-8H2,1-4H3,(H,28,29)/t12-,16-/m0/s1. The van der Waals surface area contributed by atoms with Crippen molar-refractivity contribution in [3.63, 3.8) is 0 Å². The molecule has 0 spiro atoms. The normalized spacial score (nSPS) is 16.2. The smallest absolute Gasteiger partial charge is 0.245 e. The molecule has 16 heteroatoms. The van der Waals surface area contributed by atoms with Crippen molar-refractivity contribution < 1.29 is 27.4 Å². The molecule has 0 amide bonds. The van der Waals surface area contributed by atoms with Crippen LogP contribution in [0.15, 0.2) is 18.7 Å². The number of methoxy groups -OCH3 is 3. The third-order valence-corrected chi connectivity index (χ3v) is 7.83. The topological polar surface area (TPSA) is 165 Å². The van der Waals surface area contributed by atoms with Crippen molar-refractivity contribution in [2.45, 2.75) is 37.0 Å². The van der Waals surface area contributed by atoms with Crippen LogP contribution in [0.4, 0.5) is 5.95 Å². The minimum absolute atomic E-state index is 0.0688. The first-order valence-corrected chi connectivity index (χ1v) is 13.2. The van der Waals surface area contributed by atoms with Crippen LogP contribution < -0.4 is 14.2 Å². The third kappa shape index (κ3) is 5.58. The molecule has 1 aliphatic rings. The van der Waals surface area contributed by atoms with E-state index < -0.39 is 21.4 Å². The molecular formula is C21H27ClN8O6S. The lowest BCUT2D eigenvalue weighted by Crippen LogP contribution is -2.33. The van der Waals surface area contributed by atoms with Gasteiger partial charge in [0.1, 0.15) is 23.5 Å². The van der Waals surface area contributed by atoms with Crippen LogP contribution in [0.2, 0.25) is 5.02 Å². The number of nitrogens with one attached hydrogen (secondary N) is 1. The molecule has 0 radical (unpaired) electrons. The van der Waals surface area contributed by atoms with Crippen molar-refractivity contribution in [3.8, 4) is 17.4 Å². The Hall–Kier alpha value is -3.14. The zero-order valence-corrected chi connectivity index (χ0v) is 22.2. The number of hydrogen-bond acceptors (Lipinski definition) is 12. The van der Waals surface area contributed by atoms with Crippen molar-refractivity contribution in [1.82, 2.24) is 34.7 Å². The van der Waals surface area contributed by atoms with Crippen molar-refractivity contribution in [2.24, 2.45) is 0 Å². The van der Waals surface area contributed by atoms with Gasteiger partial charge in [-0.1, -0.05) is 11.6 Å². The van der Waals surface area contributed by atoms with Gasteiger partial charge in [0.25, 0.3) is 0 Å². The Balaban J connectivity index is 1.78. The van der Waals surface area contributed by atoms with Gasteiger partial charge >= 0.3 is 0 Å². The van der Waals surface area contributed by atoms with E-state index >= 15 is 0 Å². The second-order valence-corrected chi connectivity index (χ2v) is 10.6. The molecule has 4 rings (SSSR count). The molecule has 3 aromatic rings. The number of anilines is 1. The monoisotopic (exact) mass is 554 g/mol. The van der Waals surface area contributed by atoms with Crippen LogP contribution in [0, 0.1) is 0 Å². The minimum Gasteiger partial charge on any atom is -0.479 e. The van der Waals surface area contributed by atoms with E-state index in [0.29, 0.717) is 36.9 Å². The first-order valence-electron chi connectivity index (χ1n) is 11.3. The fourth-order valence-corrected chi connectivity index (χ4v) is 5.23. The largest absolute Gasteiger partial charge is 0.479 e. The van der Waals surface area contributed by atoms with Crippen LogP contribution in [0.3, 0.4) is 0 Å². The molecule has 1 N–H and O–H groups in total. The van der Waals surface area contributed by atoms with E-state index in [1.165, 1.54) is 51.5 Å². The average Bonchev–Trinajstić information content (AvgIpc) is 3.32. The summed E-state index contributed by atoms with van der Waals surface area (Å²) in [6.45, 7) is 2.54. The molecule has 0 saturated carbocycles. The fraction of sp³-hybridized carbons (Fsp3) is 0.524. The van der Waals surface area contributed by atoms with Crippen molar-refractivity contribution in [1.29, 1.82) is 0 Å². The first-order chi connectivity index (χ1) is 17.8. The van der Waals surface area contributed by atoms with Gasteiger partial charge in [-0.15, -0.1) is 10.2 Å². The fourth-order valence-electron chi connectivity index (χ4n) is 4.00. The SMILES string of the molecule is COc1ncnc(OC)c1-n1c(NS(=O)(=O)[C@@H](C)[C@H](OC)c2ncc(Cl)cn2)nnc1C1CCOCC1. The van der Waals surface area contributed by atoms with Crippen LogP contribution in [0.25, 0.3) is 5.69 Å². The molecule has 37 heavy (non-hydrogen) atoms. The molecule has 0 aliphatic carbocycles. The number of hydrogen-bond donors (Lipinski definition) is 1. The maximum atomic E-state index is 13.6. The Morgan fingerprint density at radius 1 is 1.05 bits per heavy atom. The van der Waals surface area contributed by atoms with E-state index in [-0.39, 0.29) is 35.1 Å². The average molecular weight is 555 g/mol. The van der Waals surface area contributed by atoms with E-state index in [4.69, 9.17) is 30.5 Å². The molecule has 3 aromatic heterocycles. The third-order valence-electron chi connectivity index (χ3n) is 5.94. The molecule has 2 atom stereocenters. The lowest BCUT2D eigenvalue weighted by Gasteiger charge is -2.24. The summed E-state index contributed by atoms with van der Waals surface area (Å²) in [4.78, 5) is 16.6. The van der Waals surface area contributed by atoms with Crippen LogP contribution >= 0.6 is 11.6 Å². The second kappa shape index (κ2) is 11.5. The van der Waals surface area contributed by atoms with Crippen LogP contribution in [0.5, 0.6) is 11.8 Å². The predicted molar refractivity (Wildman–Crippen MR) is 132 cm³/mol. The zero-order valence-electron chi connectivity index (χ0n) is 20.7. The summed E-state index contributed by atoms with van der Waals surface area (Å²) in [6, 6.07) is 0. The summed E-state index contributed by atoms with van der Waals surface area (Å²) in [7, 11) is 0.115. The number of halogens is 1. The summed E-state index contributed by atoms with van der Waals surface area (Å²) in [5.74, 6) is 0.793. The predicted octanol–water partition coefficient (Wildman–Crippen LogP) is 1.93. The number of nitrogens with zero attached hydrogens (tertiary/aromatic N) is 7. The summed E-state index contributed by atoms with van der Waals surface area (Å²) in [6.07, 6.45) is 4.35. The highest BCUT2D eigenvalue weighted by atomic mass is 35.5. The van der Waals surface area contributed by atoms with E-state index in [9.17, 15) is 8.42 Å². The van der Waals surface area contributed by atoms with Gasteiger partial charge in [-0.05, 0) is 19.8 Å². The van der Waals surface area contributed by atoms with Gasteiger partial charge in [-0.2, -0.15) is 9.97 Å². The number of sulfonamides is 1. The van der Waals surface area contributed by atoms with Crippen LogP contribution in [0.1, 0.15) is 43.4 Å². The Kier molecular flexibility index (Phi) is 8.36. The second-order valence-electron chi connectivity index (χ2n) is 8.11. The van der Waals surface area contributed by atoms with Gasteiger partial charge in [-0.3, -0.25) is 9.29 Å². The van der Waals surface area contributed by atoms with Crippen molar-refractivity contribution in [3.05, 3.63) is 35.4 Å². The number of ether oxygens (including phenoxy) is 4. The van der Waals surface area contributed by atoms with Gasteiger partial charge in [-0.25, -0.2) is 18.4 Å².